The number of amides is 1. The van der Waals surface area contributed by atoms with Gasteiger partial charge in [0, 0.05) is 45.7 Å². The summed E-state index contributed by atoms with van der Waals surface area (Å²) in [5.41, 5.74) is 2.74. The molecular formula is C24H33Cl2N3O. The number of halogens is 2. The Balaban J connectivity index is 0.00000160. The highest BCUT2D eigenvalue weighted by atomic mass is 35.5. The van der Waals surface area contributed by atoms with Crippen LogP contribution in [0.2, 0.25) is 0 Å². The Morgan fingerprint density at radius 2 is 1.30 bits per heavy atom. The average molecular weight is 450 g/mol. The van der Waals surface area contributed by atoms with Crippen molar-refractivity contribution < 1.29 is 4.79 Å². The first-order chi connectivity index (χ1) is 13.8. The van der Waals surface area contributed by atoms with E-state index in [2.05, 4.69) is 70.5 Å². The van der Waals surface area contributed by atoms with E-state index >= 15 is 0 Å². The van der Waals surface area contributed by atoms with Crippen molar-refractivity contribution in [3.05, 3.63) is 71.8 Å². The van der Waals surface area contributed by atoms with Gasteiger partial charge in [0.2, 0.25) is 5.91 Å². The predicted molar refractivity (Wildman–Crippen MR) is 128 cm³/mol. The number of likely N-dealkylation sites (tertiary alicyclic amines) is 1. The van der Waals surface area contributed by atoms with Gasteiger partial charge in [-0.1, -0.05) is 60.7 Å². The first-order valence-electron chi connectivity index (χ1n) is 10.7. The third-order valence-corrected chi connectivity index (χ3v) is 6.08. The van der Waals surface area contributed by atoms with Crippen molar-refractivity contribution in [1.29, 1.82) is 0 Å². The van der Waals surface area contributed by atoms with Gasteiger partial charge in [0.15, 0.2) is 0 Å². The molecule has 2 heterocycles. The Hall–Kier alpha value is -1.59. The van der Waals surface area contributed by atoms with Crippen molar-refractivity contribution in [3.63, 3.8) is 0 Å². The average Bonchev–Trinajstić information content (AvgIpc) is 3.16. The largest absolute Gasteiger partial charge is 0.343 e. The summed E-state index contributed by atoms with van der Waals surface area (Å²) in [6, 6.07) is 22.1. The summed E-state index contributed by atoms with van der Waals surface area (Å²) in [5, 5.41) is 0. The maximum Gasteiger partial charge on any atom is 0.222 e. The number of hydrogen-bond donors (Lipinski definition) is 0. The van der Waals surface area contributed by atoms with Crippen LogP contribution in [0.1, 0.15) is 36.4 Å². The molecule has 2 fully saturated rings. The van der Waals surface area contributed by atoms with E-state index in [1.165, 1.54) is 11.1 Å². The molecule has 2 saturated heterocycles. The van der Waals surface area contributed by atoms with E-state index < -0.39 is 0 Å². The normalized spacial score (nSPS) is 17.6. The molecule has 0 atom stereocenters. The molecule has 2 aliphatic heterocycles. The minimum atomic E-state index is 0. The van der Waals surface area contributed by atoms with Crippen LogP contribution in [-0.4, -0.2) is 66.4 Å². The van der Waals surface area contributed by atoms with Crippen molar-refractivity contribution in [2.24, 2.45) is 0 Å². The van der Waals surface area contributed by atoms with Gasteiger partial charge in [-0.3, -0.25) is 9.69 Å². The smallest absolute Gasteiger partial charge is 0.222 e. The number of hydrogen-bond acceptors (Lipinski definition) is 3. The number of piperazine rings is 1. The van der Waals surface area contributed by atoms with Crippen molar-refractivity contribution in [2.45, 2.75) is 25.3 Å². The molecule has 2 aromatic carbocycles. The molecule has 0 bridgehead atoms. The molecule has 0 spiro atoms. The summed E-state index contributed by atoms with van der Waals surface area (Å²) in [5.74, 6) is 0.346. The topological polar surface area (TPSA) is 26.8 Å². The maximum atomic E-state index is 11.7. The molecule has 4 nitrogen and oxygen atoms in total. The predicted octanol–water partition coefficient (Wildman–Crippen LogP) is 4.25. The molecule has 0 unspecified atom stereocenters. The molecule has 1 amide bonds. The highest BCUT2D eigenvalue weighted by Crippen LogP contribution is 2.29. The highest BCUT2D eigenvalue weighted by Gasteiger charge is 2.26. The first kappa shape index (κ1) is 24.7. The molecule has 2 aliphatic rings. The summed E-state index contributed by atoms with van der Waals surface area (Å²) in [6.45, 7) is 7.35. The molecule has 0 N–H and O–H groups in total. The van der Waals surface area contributed by atoms with Gasteiger partial charge in [0.1, 0.15) is 0 Å². The van der Waals surface area contributed by atoms with Gasteiger partial charge in [-0.2, -0.15) is 0 Å². The summed E-state index contributed by atoms with van der Waals surface area (Å²) >= 11 is 0. The molecule has 0 radical (unpaired) electrons. The summed E-state index contributed by atoms with van der Waals surface area (Å²) in [4.78, 5) is 19.0. The van der Waals surface area contributed by atoms with Crippen LogP contribution in [0.4, 0.5) is 0 Å². The zero-order valence-corrected chi connectivity index (χ0v) is 19.1. The lowest BCUT2D eigenvalue weighted by Crippen LogP contribution is -2.48. The number of carbonyl (C=O) groups excluding carboxylic acids is 1. The molecule has 4 rings (SSSR count). The lowest BCUT2D eigenvalue weighted by Gasteiger charge is -2.40. The van der Waals surface area contributed by atoms with Crippen LogP contribution in [0.15, 0.2) is 60.7 Å². The Bertz CT molecular complexity index is 712. The minimum absolute atomic E-state index is 0. The number of rotatable bonds is 7. The van der Waals surface area contributed by atoms with Gasteiger partial charge in [-0.15, -0.1) is 24.8 Å². The van der Waals surface area contributed by atoms with E-state index in [0.717, 1.165) is 65.1 Å². The van der Waals surface area contributed by atoms with Crippen LogP contribution in [0.3, 0.4) is 0 Å². The SMILES string of the molecule is Cl.Cl.O=C1CCCN1CCCN1CCN(C(c2ccccc2)c2ccccc2)CC1. The van der Waals surface area contributed by atoms with Crippen molar-refractivity contribution >= 4 is 30.7 Å². The minimum Gasteiger partial charge on any atom is -0.343 e. The molecule has 2 aromatic rings. The zero-order chi connectivity index (χ0) is 19.2. The van der Waals surface area contributed by atoms with Crippen LogP contribution < -0.4 is 0 Å². The van der Waals surface area contributed by atoms with E-state index in [-0.39, 0.29) is 24.8 Å². The number of benzene rings is 2. The molecule has 0 aromatic heterocycles. The van der Waals surface area contributed by atoms with Gasteiger partial charge in [0.05, 0.1) is 6.04 Å². The van der Waals surface area contributed by atoms with Gasteiger partial charge >= 0.3 is 0 Å². The quantitative estimate of drug-likeness (QED) is 0.631. The van der Waals surface area contributed by atoms with Crippen molar-refractivity contribution in [2.75, 3.05) is 45.8 Å². The van der Waals surface area contributed by atoms with Crippen LogP contribution in [-0.2, 0) is 4.79 Å². The van der Waals surface area contributed by atoms with E-state index in [9.17, 15) is 4.79 Å². The second-order valence-electron chi connectivity index (χ2n) is 7.94. The molecule has 30 heavy (non-hydrogen) atoms. The van der Waals surface area contributed by atoms with Crippen LogP contribution in [0.25, 0.3) is 0 Å². The van der Waals surface area contributed by atoms with Crippen LogP contribution >= 0.6 is 24.8 Å². The molecule has 164 valence electrons. The fourth-order valence-electron chi connectivity index (χ4n) is 4.56. The third kappa shape index (κ3) is 6.21. The summed E-state index contributed by atoms with van der Waals surface area (Å²) in [7, 11) is 0. The van der Waals surface area contributed by atoms with Gasteiger partial charge in [-0.25, -0.2) is 0 Å². The molecule has 6 heteroatoms. The lowest BCUT2D eigenvalue weighted by atomic mass is 9.96. The Morgan fingerprint density at radius 3 is 1.80 bits per heavy atom. The number of nitrogens with zero attached hydrogens (tertiary/aromatic N) is 3. The molecule has 0 aliphatic carbocycles. The Morgan fingerprint density at radius 1 is 0.733 bits per heavy atom. The second kappa shape index (κ2) is 12.3. The van der Waals surface area contributed by atoms with E-state index in [0.29, 0.717) is 11.9 Å². The number of carbonyl (C=O) groups is 1. The first-order valence-corrected chi connectivity index (χ1v) is 10.7. The van der Waals surface area contributed by atoms with E-state index in [4.69, 9.17) is 0 Å². The van der Waals surface area contributed by atoms with E-state index in [1.54, 1.807) is 0 Å². The standard InChI is InChI=1S/C24H31N3O.2ClH/c28-23-13-7-15-26(23)16-8-14-25-17-19-27(20-18-25)24(21-9-3-1-4-10-21)22-11-5-2-6-12-22;;/h1-6,9-12,24H,7-8,13-20H2;2*1H. The molecule has 0 saturated carbocycles. The van der Waals surface area contributed by atoms with Crippen molar-refractivity contribution in [1.82, 2.24) is 14.7 Å². The lowest BCUT2D eigenvalue weighted by molar-refractivity contribution is -0.127. The fourth-order valence-corrected chi connectivity index (χ4v) is 4.56. The zero-order valence-electron chi connectivity index (χ0n) is 17.5. The maximum absolute atomic E-state index is 11.7. The van der Waals surface area contributed by atoms with Crippen LogP contribution in [0.5, 0.6) is 0 Å². The summed E-state index contributed by atoms with van der Waals surface area (Å²) in [6.07, 6.45) is 2.88. The second-order valence-corrected chi connectivity index (χ2v) is 7.94. The van der Waals surface area contributed by atoms with Gasteiger partial charge < -0.3 is 9.80 Å². The Kier molecular flexibility index (Phi) is 10.1. The summed E-state index contributed by atoms with van der Waals surface area (Å²) < 4.78 is 0. The monoisotopic (exact) mass is 449 g/mol. The van der Waals surface area contributed by atoms with Crippen molar-refractivity contribution in [3.8, 4) is 0 Å². The highest BCUT2D eigenvalue weighted by molar-refractivity contribution is 5.85. The van der Waals surface area contributed by atoms with Gasteiger partial charge in [-0.05, 0) is 30.5 Å². The van der Waals surface area contributed by atoms with Gasteiger partial charge in [0.25, 0.3) is 0 Å². The van der Waals surface area contributed by atoms with E-state index in [1.807, 2.05) is 4.90 Å². The fraction of sp³-hybridized carbons (Fsp3) is 0.458. The molecular weight excluding hydrogens is 417 g/mol. The third-order valence-electron chi connectivity index (χ3n) is 6.08. The Labute approximate surface area is 193 Å². The van der Waals surface area contributed by atoms with Crippen LogP contribution in [0, 0.1) is 0 Å².